The summed E-state index contributed by atoms with van der Waals surface area (Å²) in [5.74, 6) is -1.09. The summed E-state index contributed by atoms with van der Waals surface area (Å²) >= 11 is 0. The highest BCUT2D eigenvalue weighted by Gasteiger charge is 2.68. The third-order valence-electron chi connectivity index (χ3n) is 8.71. The van der Waals surface area contributed by atoms with Crippen molar-refractivity contribution in [2.24, 2.45) is 11.3 Å². The first-order chi connectivity index (χ1) is 18.9. The molecule has 0 aromatic heterocycles. The monoisotopic (exact) mass is 514 g/mol. The first kappa shape index (κ1) is 23.4. The third-order valence-corrected chi connectivity index (χ3v) is 8.71. The number of imide groups is 1. The van der Waals surface area contributed by atoms with Gasteiger partial charge in [-0.25, -0.2) is 4.90 Å². The molecule has 0 unspecified atom stereocenters. The minimum atomic E-state index is -0.927. The van der Waals surface area contributed by atoms with E-state index in [4.69, 9.17) is 4.74 Å². The molecule has 2 bridgehead atoms. The molecule has 1 N–H and O–H groups in total. The predicted octanol–water partition coefficient (Wildman–Crippen LogP) is 5.73. The Morgan fingerprint density at radius 3 is 2.13 bits per heavy atom. The molecule has 39 heavy (non-hydrogen) atoms. The predicted molar refractivity (Wildman–Crippen MR) is 148 cm³/mol. The zero-order valence-corrected chi connectivity index (χ0v) is 21.5. The van der Waals surface area contributed by atoms with Crippen molar-refractivity contribution < 1.29 is 19.1 Å². The number of anilines is 2. The van der Waals surface area contributed by atoms with Gasteiger partial charge >= 0.3 is 0 Å². The molecule has 6 nitrogen and oxygen atoms in total. The van der Waals surface area contributed by atoms with Crippen LogP contribution in [0, 0.1) is 11.3 Å². The Balaban J connectivity index is 1.28. The van der Waals surface area contributed by atoms with Crippen LogP contribution in [0.25, 0.3) is 0 Å². The lowest BCUT2D eigenvalue weighted by Gasteiger charge is -2.51. The number of nitrogens with one attached hydrogen (secondary N) is 1. The molecule has 2 atom stereocenters. The molecule has 3 amide bonds. The fourth-order valence-electron chi connectivity index (χ4n) is 7.05. The fourth-order valence-corrected chi connectivity index (χ4v) is 7.05. The van der Waals surface area contributed by atoms with E-state index in [9.17, 15) is 14.4 Å². The molecule has 4 aliphatic rings. The van der Waals surface area contributed by atoms with Crippen molar-refractivity contribution in [1.29, 1.82) is 0 Å². The number of ether oxygens (including phenoxy) is 1. The highest BCUT2D eigenvalue weighted by Crippen LogP contribution is 2.67. The van der Waals surface area contributed by atoms with Crippen LogP contribution in [0.2, 0.25) is 0 Å². The van der Waals surface area contributed by atoms with Gasteiger partial charge in [0.1, 0.15) is 5.75 Å². The number of amides is 3. The SMILES string of the molecule is COc1cccc(NC(=O)c2cccc(N3C(=O)[C@H]4C5c6ccccc6C(c6ccccc65)[C@]4(C)C3=O)c2)c1. The molecule has 1 aliphatic heterocycles. The van der Waals surface area contributed by atoms with E-state index < -0.39 is 11.3 Å². The standard InChI is InChI=1S/C33H26N2O4/c1-33-28-25-15-5-3-13-23(25)27(24-14-4-6-16-26(24)28)29(33)31(37)35(32(33)38)21-11-7-9-19(17-21)30(36)34-20-10-8-12-22(18-20)39-2/h3-18,27-29H,1-2H3,(H,34,36)/t27?,28?,29-,33+/m1/s1. The maximum absolute atomic E-state index is 14.3. The van der Waals surface area contributed by atoms with Crippen LogP contribution in [0.1, 0.15) is 51.4 Å². The van der Waals surface area contributed by atoms with Crippen molar-refractivity contribution in [3.63, 3.8) is 0 Å². The molecule has 0 saturated carbocycles. The van der Waals surface area contributed by atoms with Crippen LogP contribution >= 0.6 is 0 Å². The van der Waals surface area contributed by atoms with E-state index >= 15 is 0 Å². The lowest BCUT2D eigenvalue weighted by atomic mass is 9.48. The number of hydrogen-bond donors (Lipinski definition) is 1. The number of methoxy groups -OCH3 is 1. The van der Waals surface area contributed by atoms with Crippen LogP contribution in [0.15, 0.2) is 97.1 Å². The lowest BCUT2D eigenvalue weighted by molar-refractivity contribution is -0.128. The first-order valence-corrected chi connectivity index (χ1v) is 13.0. The quantitative estimate of drug-likeness (QED) is 0.353. The van der Waals surface area contributed by atoms with Crippen LogP contribution in [0.5, 0.6) is 5.75 Å². The molecule has 192 valence electrons. The molecular formula is C33H26N2O4. The number of rotatable bonds is 4. The van der Waals surface area contributed by atoms with Crippen LogP contribution in [-0.2, 0) is 9.59 Å². The Labute approximate surface area is 226 Å². The van der Waals surface area contributed by atoms with E-state index in [-0.39, 0.29) is 29.6 Å². The van der Waals surface area contributed by atoms with Gasteiger partial charge in [-0.1, -0.05) is 60.7 Å². The molecule has 1 heterocycles. The van der Waals surface area contributed by atoms with Crippen molar-refractivity contribution in [3.05, 3.63) is 125 Å². The summed E-state index contributed by atoms with van der Waals surface area (Å²) in [6.45, 7) is 1.95. The fraction of sp³-hybridized carbons (Fsp3) is 0.182. The summed E-state index contributed by atoms with van der Waals surface area (Å²) in [5, 5.41) is 2.87. The van der Waals surface area contributed by atoms with Gasteiger partial charge in [0.05, 0.1) is 24.1 Å². The second kappa shape index (κ2) is 8.40. The second-order valence-corrected chi connectivity index (χ2v) is 10.6. The number of nitrogens with zero attached hydrogens (tertiary/aromatic N) is 1. The maximum atomic E-state index is 14.3. The van der Waals surface area contributed by atoms with Crippen LogP contribution in [0.3, 0.4) is 0 Å². The van der Waals surface area contributed by atoms with Gasteiger partial charge in [0.15, 0.2) is 0 Å². The Hall–Kier alpha value is -4.71. The molecule has 6 heteroatoms. The van der Waals surface area contributed by atoms with Gasteiger partial charge in [-0.3, -0.25) is 14.4 Å². The van der Waals surface area contributed by atoms with Crippen molar-refractivity contribution in [3.8, 4) is 5.75 Å². The molecule has 4 aromatic rings. The lowest BCUT2D eigenvalue weighted by Crippen LogP contribution is -2.49. The van der Waals surface area contributed by atoms with Crippen molar-refractivity contribution in [2.45, 2.75) is 18.8 Å². The topological polar surface area (TPSA) is 75.7 Å². The second-order valence-electron chi connectivity index (χ2n) is 10.6. The van der Waals surface area contributed by atoms with E-state index in [1.807, 2.05) is 31.2 Å². The number of carbonyl (C=O) groups excluding carboxylic acids is 3. The van der Waals surface area contributed by atoms with E-state index in [2.05, 4.69) is 29.6 Å². The Bertz CT molecular complexity index is 1650. The Morgan fingerprint density at radius 1 is 0.821 bits per heavy atom. The van der Waals surface area contributed by atoms with Crippen molar-refractivity contribution >= 4 is 29.1 Å². The third kappa shape index (κ3) is 3.18. The molecule has 0 spiro atoms. The molecule has 3 aliphatic carbocycles. The molecule has 8 rings (SSSR count). The average Bonchev–Trinajstić information content (AvgIpc) is 3.18. The smallest absolute Gasteiger partial charge is 0.255 e. The zero-order valence-electron chi connectivity index (χ0n) is 21.5. The average molecular weight is 515 g/mol. The van der Waals surface area contributed by atoms with E-state index in [0.29, 0.717) is 22.7 Å². The van der Waals surface area contributed by atoms with Gasteiger partial charge < -0.3 is 10.1 Å². The van der Waals surface area contributed by atoms with E-state index in [0.717, 1.165) is 22.3 Å². The summed E-state index contributed by atoms with van der Waals surface area (Å²) < 4.78 is 5.24. The van der Waals surface area contributed by atoms with E-state index in [1.54, 1.807) is 55.6 Å². The first-order valence-electron chi connectivity index (χ1n) is 13.0. The highest BCUT2D eigenvalue weighted by atomic mass is 16.5. The van der Waals surface area contributed by atoms with Gasteiger partial charge in [0.25, 0.3) is 5.91 Å². The number of benzene rings is 4. The molecule has 1 saturated heterocycles. The molecule has 0 radical (unpaired) electrons. The van der Waals surface area contributed by atoms with Crippen LogP contribution in [-0.4, -0.2) is 24.8 Å². The van der Waals surface area contributed by atoms with Gasteiger partial charge in [0.2, 0.25) is 11.8 Å². The summed E-state index contributed by atoms with van der Waals surface area (Å²) in [7, 11) is 1.57. The van der Waals surface area contributed by atoms with Gasteiger partial charge in [-0.2, -0.15) is 0 Å². The highest BCUT2D eigenvalue weighted by molar-refractivity contribution is 6.25. The molecule has 1 fully saturated rings. The summed E-state index contributed by atoms with van der Waals surface area (Å²) in [6, 6.07) is 30.2. The van der Waals surface area contributed by atoms with Crippen molar-refractivity contribution in [1.82, 2.24) is 0 Å². The summed E-state index contributed by atoms with van der Waals surface area (Å²) in [6.07, 6.45) is 0. The maximum Gasteiger partial charge on any atom is 0.255 e. The number of hydrogen-bond acceptors (Lipinski definition) is 4. The van der Waals surface area contributed by atoms with Gasteiger partial charge in [-0.05, 0) is 59.5 Å². The Morgan fingerprint density at radius 2 is 1.46 bits per heavy atom. The van der Waals surface area contributed by atoms with E-state index in [1.165, 1.54) is 4.90 Å². The minimum Gasteiger partial charge on any atom is -0.497 e. The minimum absolute atomic E-state index is 0.201. The van der Waals surface area contributed by atoms with Gasteiger partial charge in [0, 0.05) is 29.2 Å². The van der Waals surface area contributed by atoms with Crippen LogP contribution in [0.4, 0.5) is 11.4 Å². The van der Waals surface area contributed by atoms with Gasteiger partial charge in [-0.15, -0.1) is 0 Å². The summed E-state index contributed by atoms with van der Waals surface area (Å²) in [5.41, 5.74) is 4.91. The summed E-state index contributed by atoms with van der Waals surface area (Å²) in [4.78, 5) is 43.0. The normalized spacial score (nSPS) is 24.2. The van der Waals surface area contributed by atoms with Crippen LogP contribution < -0.4 is 15.0 Å². The Kier molecular flexibility index (Phi) is 5.04. The number of carbonyl (C=O) groups is 3. The zero-order chi connectivity index (χ0) is 26.9. The van der Waals surface area contributed by atoms with Crippen molar-refractivity contribution in [2.75, 3.05) is 17.3 Å². The molecule has 4 aromatic carbocycles. The largest absolute Gasteiger partial charge is 0.497 e. The molecular weight excluding hydrogens is 488 g/mol.